The second-order valence-electron chi connectivity index (χ2n) is 10.3. The van der Waals surface area contributed by atoms with Crippen molar-refractivity contribution in [3.8, 4) is 0 Å². The summed E-state index contributed by atoms with van der Waals surface area (Å²) in [4.78, 5) is 32.7. The zero-order valence-electron chi connectivity index (χ0n) is 22.2. The van der Waals surface area contributed by atoms with Crippen LogP contribution in [0.2, 0.25) is 0 Å². The van der Waals surface area contributed by atoms with Crippen LogP contribution in [0.15, 0.2) is 24.4 Å². The number of carbonyl (C=O) groups is 2. The number of aromatic amines is 1. The first kappa shape index (κ1) is 30.3. The number of amides is 2. The van der Waals surface area contributed by atoms with Gasteiger partial charge in [0.05, 0.1) is 41.3 Å². The molecule has 2 aromatic heterocycles. The summed E-state index contributed by atoms with van der Waals surface area (Å²) >= 11 is 0. The molecule has 0 spiro atoms. The van der Waals surface area contributed by atoms with E-state index in [1.807, 2.05) is 0 Å². The van der Waals surface area contributed by atoms with Crippen molar-refractivity contribution in [3.05, 3.63) is 47.0 Å². The van der Waals surface area contributed by atoms with Crippen molar-refractivity contribution in [2.45, 2.75) is 76.1 Å². The van der Waals surface area contributed by atoms with Gasteiger partial charge in [-0.15, -0.1) is 0 Å². The highest BCUT2D eigenvalue weighted by molar-refractivity contribution is 5.95. The molecule has 224 valence electrons. The van der Waals surface area contributed by atoms with Crippen LogP contribution in [0.3, 0.4) is 0 Å². The lowest BCUT2D eigenvalue weighted by atomic mass is 9.81. The molecule has 3 aromatic rings. The Morgan fingerprint density at radius 1 is 1.17 bits per heavy atom. The highest BCUT2D eigenvalue weighted by atomic mass is 19.4. The van der Waals surface area contributed by atoms with E-state index in [9.17, 15) is 40.3 Å². The van der Waals surface area contributed by atoms with E-state index in [0.29, 0.717) is 16.6 Å². The van der Waals surface area contributed by atoms with Crippen molar-refractivity contribution < 1.29 is 40.3 Å². The Morgan fingerprint density at radius 3 is 2.49 bits per heavy atom. The molecule has 2 amide bonds. The lowest BCUT2D eigenvalue weighted by Crippen LogP contribution is -2.38. The lowest BCUT2D eigenvalue weighted by Gasteiger charge is -2.33. The van der Waals surface area contributed by atoms with Gasteiger partial charge in [0.1, 0.15) is 11.5 Å². The van der Waals surface area contributed by atoms with Crippen molar-refractivity contribution in [2.24, 2.45) is 13.0 Å². The molecule has 4 rings (SSSR count). The van der Waals surface area contributed by atoms with Gasteiger partial charge in [-0.1, -0.05) is 6.07 Å². The van der Waals surface area contributed by atoms with Crippen molar-refractivity contribution >= 4 is 22.8 Å². The SMILES string of the molecule is C[C@@H](NC(=O)CCC(F)(F)F)c1ccc2nc([C@@H](NC(=O)c3cnn(C)c3C(F)F)C3CCC(F)(F)CC3)[nH]c2c1. The number of nitrogens with zero attached hydrogens (tertiary/aromatic N) is 3. The predicted octanol–water partition coefficient (Wildman–Crippen LogP) is 6.05. The minimum atomic E-state index is -4.45. The number of nitrogens with one attached hydrogen (secondary N) is 3. The van der Waals surface area contributed by atoms with Gasteiger partial charge in [0.25, 0.3) is 12.3 Å². The molecular weight excluding hydrogens is 561 g/mol. The molecule has 1 aromatic carbocycles. The van der Waals surface area contributed by atoms with Gasteiger partial charge < -0.3 is 15.6 Å². The molecule has 1 aliphatic carbocycles. The molecular formula is C26H29F7N6O2. The summed E-state index contributed by atoms with van der Waals surface area (Å²) in [6, 6.07) is 3.30. The van der Waals surface area contributed by atoms with Gasteiger partial charge in [0.15, 0.2) is 0 Å². The van der Waals surface area contributed by atoms with Gasteiger partial charge in [-0.3, -0.25) is 14.3 Å². The predicted molar refractivity (Wildman–Crippen MR) is 133 cm³/mol. The van der Waals surface area contributed by atoms with Crippen LogP contribution in [0.25, 0.3) is 11.0 Å². The van der Waals surface area contributed by atoms with E-state index in [4.69, 9.17) is 0 Å². The molecule has 15 heteroatoms. The minimum absolute atomic E-state index is 0.0516. The molecule has 0 unspecified atom stereocenters. The third-order valence-corrected chi connectivity index (χ3v) is 7.29. The molecule has 2 atom stereocenters. The number of alkyl halides is 7. The molecule has 0 radical (unpaired) electrons. The monoisotopic (exact) mass is 590 g/mol. The van der Waals surface area contributed by atoms with Gasteiger partial charge in [0.2, 0.25) is 11.8 Å². The van der Waals surface area contributed by atoms with E-state index in [1.54, 1.807) is 25.1 Å². The zero-order valence-corrected chi connectivity index (χ0v) is 22.2. The van der Waals surface area contributed by atoms with Gasteiger partial charge in [-0.2, -0.15) is 18.3 Å². The summed E-state index contributed by atoms with van der Waals surface area (Å²) in [5, 5.41) is 8.95. The molecule has 2 heterocycles. The van der Waals surface area contributed by atoms with Crippen molar-refractivity contribution in [1.29, 1.82) is 0 Å². The minimum Gasteiger partial charge on any atom is -0.350 e. The van der Waals surface area contributed by atoms with Crippen molar-refractivity contribution in [1.82, 2.24) is 30.4 Å². The summed E-state index contributed by atoms with van der Waals surface area (Å²) in [5.74, 6) is -4.72. The van der Waals surface area contributed by atoms with Crippen LogP contribution in [0.5, 0.6) is 0 Å². The van der Waals surface area contributed by atoms with Crippen LogP contribution in [0.4, 0.5) is 30.7 Å². The summed E-state index contributed by atoms with van der Waals surface area (Å²) in [6.45, 7) is 1.60. The number of hydrogen-bond acceptors (Lipinski definition) is 4. The molecule has 8 nitrogen and oxygen atoms in total. The molecule has 41 heavy (non-hydrogen) atoms. The maximum Gasteiger partial charge on any atom is 0.389 e. The number of imidazole rings is 1. The van der Waals surface area contributed by atoms with Gasteiger partial charge >= 0.3 is 6.18 Å². The molecule has 0 aliphatic heterocycles. The summed E-state index contributed by atoms with van der Waals surface area (Å²) < 4.78 is 93.2. The highest BCUT2D eigenvalue weighted by Crippen LogP contribution is 2.41. The standard InChI is InChI=1S/C26H29F7N6O2/c1-13(35-19(40)7-10-26(31,32)33)15-3-4-17-18(11-15)37-23(36-17)20(14-5-8-25(29,30)9-6-14)38-24(41)16-12-34-39(2)21(16)22(27)28/h3-4,11-14,20,22H,5-10H2,1-2H3,(H,35,40)(H,36,37)(H,38,41)/t13-,20+/m1/s1. The quantitative estimate of drug-likeness (QED) is 0.264. The topological polar surface area (TPSA) is 105 Å². The number of halogens is 7. The molecule has 1 fully saturated rings. The number of hydrogen-bond donors (Lipinski definition) is 3. The van der Waals surface area contributed by atoms with E-state index in [0.717, 1.165) is 10.9 Å². The molecule has 1 saturated carbocycles. The van der Waals surface area contributed by atoms with E-state index in [2.05, 4.69) is 25.7 Å². The van der Waals surface area contributed by atoms with Crippen molar-refractivity contribution in [2.75, 3.05) is 0 Å². The lowest BCUT2D eigenvalue weighted by molar-refractivity contribution is -0.144. The first-order valence-electron chi connectivity index (χ1n) is 13.0. The Bertz CT molecular complexity index is 1390. The van der Waals surface area contributed by atoms with Gasteiger partial charge in [-0.05, 0) is 43.4 Å². The first-order chi connectivity index (χ1) is 19.1. The summed E-state index contributed by atoms with van der Waals surface area (Å²) in [6.07, 6.45) is -9.09. The summed E-state index contributed by atoms with van der Waals surface area (Å²) in [7, 11) is 1.27. The molecule has 3 N–H and O–H groups in total. The fourth-order valence-corrected chi connectivity index (χ4v) is 5.02. The Balaban J connectivity index is 1.58. The number of rotatable bonds is 9. The van der Waals surface area contributed by atoms with Crippen LogP contribution in [0, 0.1) is 5.92 Å². The first-order valence-corrected chi connectivity index (χ1v) is 13.0. The zero-order chi connectivity index (χ0) is 30.1. The third kappa shape index (κ3) is 7.36. The second-order valence-corrected chi connectivity index (χ2v) is 10.3. The largest absolute Gasteiger partial charge is 0.389 e. The Hall–Kier alpha value is -3.65. The van der Waals surface area contributed by atoms with Crippen LogP contribution in [0.1, 0.15) is 91.4 Å². The molecule has 0 saturated heterocycles. The Kier molecular flexibility index (Phi) is 8.64. The number of carbonyl (C=O) groups excluding carboxylic acids is 2. The van der Waals surface area contributed by atoms with E-state index >= 15 is 0 Å². The molecule has 0 bridgehead atoms. The van der Waals surface area contributed by atoms with E-state index < -0.39 is 79.7 Å². The number of benzene rings is 1. The van der Waals surface area contributed by atoms with E-state index in [1.165, 1.54) is 7.05 Å². The normalized spacial score (nSPS) is 17.5. The average molecular weight is 591 g/mol. The average Bonchev–Trinajstić information content (AvgIpc) is 3.48. The fraction of sp³-hybridized carbons (Fsp3) is 0.538. The number of H-pyrrole nitrogens is 1. The number of fused-ring (bicyclic) bond motifs is 1. The Labute approximate surface area is 230 Å². The van der Waals surface area contributed by atoms with Crippen LogP contribution < -0.4 is 10.6 Å². The number of aryl methyl sites for hydroxylation is 1. The highest BCUT2D eigenvalue weighted by Gasteiger charge is 2.40. The molecule has 1 aliphatic rings. The van der Waals surface area contributed by atoms with Crippen LogP contribution in [-0.2, 0) is 11.8 Å². The smallest absolute Gasteiger partial charge is 0.350 e. The third-order valence-electron chi connectivity index (χ3n) is 7.29. The van der Waals surface area contributed by atoms with E-state index in [-0.39, 0.29) is 24.2 Å². The van der Waals surface area contributed by atoms with Crippen LogP contribution in [-0.4, -0.2) is 43.7 Å². The van der Waals surface area contributed by atoms with Gasteiger partial charge in [-0.25, -0.2) is 22.5 Å². The van der Waals surface area contributed by atoms with Crippen LogP contribution >= 0.6 is 0 Å². The second kappa shape index (κ2) is 11.7. The fourth-order valence-electron chi connectivity index (χ4n) is 5.02. The maximum absolute atomic E-state index is 13.9. The number of aromatic nitrogens is 4. The maximum atomic E-state index is 13.9. The summed E-state index contributed by atoms with van der Waals surface area (Å²) in [5.41, 5.74) is 0.528. The Morgan fingerprint density at radius 2 is 1.85 bits per heavy atom. The van der Waals surface area contributed by atoms with Gasteiger partial charge in [0, 0.05) is 26.3 Å². The van der Waals surface area contributed by atoms with Crippen molar-refractivity contribution in [3.63, 3.8) is 0 Å².